The van der Waals surface area contributed by atoms with Gasteiger partial charge in [-0.15, -0.1) is 0 Å². The third-order valence-corrected chi connectivity index (χ3v) is 2.36. The van der Waals surface area contributed by atoms with Gasteiger partial charge in [0.2, 0.25) is 5.91 Å². The second kappa shape index (κ2) is 5.99. The van der Waals surface area contributed by atoms with Crippen LogP contribution in [0.15, 0.2) is 18.2 Å². The van der Waals surface area contributed by atoms with Gasteiger partial charge in [0.25, 0.3) is 0 Å². The van der Waals surface area contributed by atoms with Gasteiger partial charge in [-0.05, 0) is 39.1 Å². The fraction of sp³-hybridized carbons (Fsp3) is 0.462. The zero-order valence-corrected chi connectivity index (χ0v) is 11.4. The first-order chi connectivity index (χ1) is 8.67. The topological polar surface area (TPSA) is 78.6 Å². The predicted octanol–water partition coefficient (Wildman–Crippen LogP) is 1.05. The second-order valence-electron chi connectivity index (χ2n) is 5.26. The van der Waals surface area contributed by atoms with Crippen LogP contribution in [0.4, 0.5) is 15.8 Å². The lowest BCUT2D eigenvalue weighted by Gasteiger charge is -2.24. The minimum atomic E-state index is -0.882. The Morgan fingerprint density at radius 2 is 2.16 bits per heavy atom. The van der Waals surface area contributed by atoms with E-state index in [2.05, 4.69) is 5.32 Å². The summed E-state index contributed by atoms with van der Waals surface area (Å²) < 4.78 is 13.0. The van der Waals surface area contributed by atoms with Gasteiger partial charge in [0.15, 0.2) is 0 Å². The number of hydrogen-bond acceptors (Lipinski definition) is 4. The Morgan fingerprint density at radius 1 is 1.53 bits per heavy atom. The van der Waals surface area contributed by atoms with Crippen molar-refractivity contribution < 1.29 is 14.3 Å². The van der Waals surface area contributed by atoms with Crippen LogP contribution in [-0.2, 0) is 4.79 Å². The average molecular weight is 269 g/mol. The summed E-state index contributed by atoms with van der Waals surface area (Å²) in [6, 6.07) is 3.79. The normalized spacial score (nSPS) is 11.7. The van der Waals surface area contributed by atoms with Gasteiger partial charge in [0.1, 0.15) is 5.82 Å². The molecule has 4 N–H and O–H groups in total. The van der Waals surface area contributed by atoms with E-state index in [0.717, 1.165) is 0 Å². The van der Waals surface area contributed by atoms with E-state index >= 15 is 0 Å². The number of nitrogens with zero attached hydrogens (tertiary/aromatic N) is 1. The van der Waals surface area contributed by atoms with E-state index in [0.29, 0.717) is 12.2 Å². The summed E-state index contributed by atoms with van der Waals surface area (Å²) in [4.78, 5) is 13.4. The van der Waals surface area contributed by atoms with Crippen molar-refractivity contribution in [2.45, 2.75) is 19.4 Å². The molecule has 1 aromatic rings. The third kappa shape index (κ3) is 5.67. The van der Waals surface area contributed by atoms with E-state index in [1.165, 1.54) is 18.2 Å². The zero-order valence-electron chi connectivity index (χ0n) is 11.4. The summed E-state index contributed by atoms with van der Waals surface area (Å²) in [5.41, 5.74) is 5.31. The number of halogens is 1. The molecule has 0 saturated heterocycles. The molecule has 0 aliphatic rings. The van der Waals surface area contributed by atoms with Gasteiger partial charge < -0.3 is 16.2 Å². The molecule has 0 bridgehead atoms. The molecule has 0 aromatic heterocycles. The standard InChI is InChI=1S/C13H20FN3O2/c1-13(2,19)8-17(3)7-12(18)16-11-6-9(14)4-5-10(11)15/h4-6,19H,7-8,15H2,1-3H3,(H,16,18). The van der Waals surface area contributed by atoms with Crippen molar-refractivity contribution in [1.29, 1.82) is 0 Å². The van der Waals surface area contributed by atoms with Crippen LogP contribution in [0.5, 0.6) is 0 Å². The van der Waals surface area contributed by atoms with Crippen molar-refractivity contribution in [2.75, 3.05) is 31.2 Å². The smallest absolute Gasteiger partial charge is 0.238 e. The molecule has 0 spiro atoms. The lowest BCUT2D eigenvalue weighted by atomic mass is 10.1. The highest BCUT2D eigenvalue weighted by atomic mass is 19.1. The molecule has 0 aliphatic heterocycles. The zero-order chi connectivity index (χ0) is 14.6. The van der Waals surface area contributed by atoms with E-state index in [4.69, 9.17) is 5.73 Å². The monoisotopic (exact) mass is 269 g/mol. The van der Waals surface area contributed by atoms with Gasteiger partial charge in [-0.2, -0.15) is 0 Å². The molecular formula is C13H20FN3O2. The second-order valence-corrected chi connectivity index (χ2v) is 5.26. The number of rotatable bonds is 5. The maximum absolute atomic E-state index is 13.0. The first-order valence-electron chi connectivity index (χ1n) is 5.93. The number of hydrogen-bond donors (Lipinski definition) is 3. The molecule has 5 nitrogen and oxygen atoms in total. The summed E-state index contributed by atoms with van der Waals surface area (Å²) in [7, 11) is 1.71. The van der Waals surface area contributed by atoms with Gasteiger partial charge >= 0.3 is 0 Å². The summed E-state index contributed by atoms with van der Waals surface area (Å²) in [5.74, 6) is -0.779. The molecule has 0 saturated carbocycles. The summed E-state index contributed by atoms with van der Waals surface area (Å²) >= 11 is 0. The Kier molecular flexibility index (Phi) is 4.85. The van der Waals surface area contributed by atoms with Crippen LogP contribution >= 0.6 is 0 Å². The largest absolute Gasteiger partial charge is 0.397 e. The molecule has 1 amide bonds. The number of likely N-dealkylation sites (N-methyl/N-ethyl adjacent to an activating group) is 1. The Balaban J connectivity index is 2.58. The minimum Gasteiger partial charge on any atom is -0.397 e. The highest BCUT2D eigenvalue weighted by molar-refractivity contribution is 5.95. The molecular weight excluding hydrogens is 249 g/mol. The first-order valence-corrected chi connectivity index (χ1v) is 5.93. The molecule has 1 rings (SSSR count). The van der Waals surface area contributed by atoms with Crippen molar-refractivity contribution >= 4 is 17.3 Å². The summed E-state index contributed by atoms with van der Waals surface area (Å²) in [5, 5.41) is 12.2. The number of amides is 1. The van der Waals surface area contributed by atoms with Crippen LogP contribution in [0, 0.1) is 5.82 Å². The lowest BCUT2D eigenvalue weighted by Crippen LogP contribution is -2.40. The summed E-state index contributed by atoms with van der Waals surface area (Å²) in [6.07, 6.45) is 0. The molecule has 1 aromatic carbocycles. The number of nitrogen functional groups attached to an aromatic ring is 1. The quantitative estimate of drug-likeness (QED) is 0.698. The molecule has 0 heterocycles. The van der Waals surface area contributed by atoms with E-state index in [9.17, 15) is 14.3 Å². The molecule has 6 heteroatoms. The highest BCUT2D eigenvalue weighted by Gasteiger charge is 2.17. The van der Waals surface area contributed by atoms with Crippen molar-refractivity contribution in [3.05, 3.63) is 24.0 Å². The summed E-state index contributed by atoms with van der Waals surface area (Å²) in [6.45, 7) is 3.75. The van der Waals surface area contributed by atoms with Gasteiger partial charge in [0, 0.05) is 6.54 Å². The number of aliphatic hydroxyl groups is 1. The molecule has 0 aliphatic carbocycles. The fourth-order valence-electron chi connectivity index (χ4n) is 1.79. The molecule has 106 valence electrons. The van der Waals surface area contributed by atoms with E-state index in [1.807, 2.05) is 0 Å². The highest BCUT2D eigenvalue weighted by Crippen LogP contribution is 2.19. The Hall–Kier alpha value is -1.66. The number of nitrogens with one attached hydrogen (secondary N) is 1. The van der Waals surface area contributed by atoms with E-state index in [1.54, 1.807) is 25.8 Å². The first kappa shape index (κ1) is 15.4. The van der Waals surface area contributed by atoms with Crippen molar-refractivity contribution in [1.82, 2.24) is 4.90 Å². The predicted molar refractivity (Wildman–Crippen MR) is 73.2 cm³/mol. The van der Waals surface area contributed by atoms with Gasteiger partial charge in [0.05, 0.1) is 23.5 Å². The maximum atomic E-state index is 13.0. The van der Waals surface area contributed by atoms with Gasteiger partial charge in [-0.25, -0.2) is 4.39 Å². The minimum absolute atomic E-state index is 0.0833. The number of carbonyl (C=O) groups excluding carboxylic acids is 1. The van der Waals surface area contributed by atoms with Crippen molar-refractivity contribution in [2.24, 2.45) is 0 Å². The number of benzene rings is 1. The van der Waals surface area contributed by atoms with Crippen molar-refractivity contribution in [3.63, 3.8) is 0 Å². The van der Waals surface area contributed by atoms with Gasteiger partial charge in [-0.1, -0.05) is 0 Å². The molecule has 0 atom stereocenters. The Labute approximate surface area is 112 Å². The van der Waals surface area contributed by atoms with Crippen LogP contribution in [0.25, 0.3) is 0 Å². The maximum Gasteiger partial charge on any atom is 0.238 e. The third-order valence-electron chi connectivity index (χ3n) is 2.36. The Bertz CT molecular complexity index is 458. The average Bonchev–Trinajstić information content (AvgIpc) is 2.20. The number of anilines is 2. The van der Waals surface area contributed by atoms with Crippen LogP contribution in [-0.4, -0.2) is 41.7 Å². The number of carbonyl (C=O) groups is 1. The fourth-order valence-corrected chi connectivity index (χ4v) is 1.79. The SMILES string of the molecule is CN(CC(=O)Nc1cc(F)ccc1N)CC(C)(C)O. The number of nitrogens with two attached hydrogens (primary N) is 1. The van der Waals surface area contributed by atoms with E-state index in [-0.39, 0.29) is 18.1 Å². The Morgan fingerprint density at radius 3 is 2.74 bits per heavy atom. The molecule has 19 heavy (non-hydrogen) atoms. The van der Waals surface area contributed by atoms with Gasteiger partial charge in [-0.3, -0.25) is 9.69 Å². The van der Waals surface area contributed by atoms with Crippen LogP contribution in [0.2, 0.25) is 0 Å². The molecule has 0 radical (unpaired) electrons. The van der Waals surface area contributed by atoms with Crippen LogP contribution in [0.3, 0.4) is 0 Å². The lowest BCUT2D eigenvalue weighted by molar-refractivity contribution is -0.117. The van der Waals surface area contributed by atoms with Crippen LogP contribution < -0.4 is 11.1 Å². The van der Waals surface area contributed by atoms with E-state index < -0.39 is 11.4 Å². The van der Waals surface area contributed by atoms with Crippen molar-refractivity contribution in [3.8, 4) is 0 Å². The molecule has 0 fully saturated rings. The molecule has 0 unspecified atom stereocenters. The van der Waals surface area contributed by atoms with Crippen LogP contribution in [0.1, 0.15) is 13.8 Å².